The third-order valence-electron chi connectivity index (χ3n) is 5.82. The second-order valence-corrected chi connectivity index (χ2v) is 9.81. The number of carbonyl (C=O) groups is 1. The lowest BCUT2D eigenvalue weighted by atomic mass is 9.86. The highest BCUT2D eigenvalue weighted by molar-refractivity contribution is 9.10. The highest BCUT2D eigenvalue weighted by atomic mass is 79.9. The normalized spacial score (nSPS) is 19.4. The van der Waals surface area contributed by atoms with Gasteiger partial charge in [0, 0.05) is 36.0 Å². The van der Waals surface area contributed by atoms with Crippen molar-refractivity contribution in [2.75, 3.05) is 40.4 Å². The number of ether oxygens (including phenoxy) is 2. The first-order chi connectivity index (χ1) is 16.8. The van der Waals surface area contributed by atoms with Crippen molar-refractivity contribution < 1.29 is 19.4 Å². The second-order valence-electron chi connectivity index (χ2n) is 8.89. The van der Waals surface area contributed by atoms with E-state index in [-0.39, 0.29) is 12.5 Å². The Morgan fingerprint density at radius 2 is 1.89 bits per heavy atom. The molecule has 0 fully saturated rings. The number of aliphatic hydroxyl groups is 1. The summed E-state index contributed by atoms with van der Waals surface area (Å²) in [6, 6.07) is 15.3. The van der Waals surface area contributed by atoms with Gasteiger partial charge in [-0.1, -0.05) is 28.1 Å². The third-order valence-corrected chi connectivity index (χ3v) is 6.35. The van der Waals surface area contributed by atoms with Gasteiger partial charge in [-0.05, 0) is 75.9 Å². The predicted molar refractivity (Wildman–Crippen MR) is 141 cm³/mol. The number of hydrogen-bond acceptors (Lipinski definition) is 7. The Balaban J connectivity index is 1.80. The van der Waals surface area contributed by atoms with Crippen LogP contribution < -0.4 is 15.6 Å². The molecule has 0 bridgehead atoms. The van der Waals surface area contributed by atoms with E-state index >= 15 is 0 Å². The maximum absolute atomic E-state index is 13.5. The molecule has 35 heavy (non-hydrogen) atoms. The minimum absolute atomic E-state index is 0.0909. The van der Waals surface area contributed by atoms with Crippen LogP contribution in [0.4, 0.5) is 0 Å². The van der Waals surface area contributed by atoms with E-state index in [1.54, 1.807) is 0 Å². The molecule has 0 saturated carbocycles. The van der Waals surface area contributed by atoms with Gasteiger partial charge in [0.1, 0.15) is 11.9 Å². The summed E-state index contributed by atoms with van der Waals surface area (Å²) in [6.07, 6.45) is 1.41. The van der Waals surface area contributed by atoms with Crippen molar-refractivity contribution in [2.24, 2.45) is 4.99 Å². The fraction of sp³-hybridized carbons (Fsp3) is 0.462. The average Bonchev–Trinajstić information content (AvgIpc) is 3.17. The summed E-state index contributed by atoms with van der Waals surface area (Å²) in [5, 5.41) is 8.92. The SMILES string of the molecule is C[C@@H]1OC(c2ccc(OCCCO)cc2)=N[C@]1(Cc1ccc(Br)cc1)C(=O)NNCCCN(C)C. The number of hydrazine groups is 1. The number of nitrogens with one attached hydrogen (secondary N) is 2. The molecule has 3 N–H and O–H groups in total. The molecule has 2 atom stereocenters. The van der Waals surface area contributed by atoms with Crippen molar-refractivity contribution in [3.05, 3.63) is 64.1 Å². The molecule has 9 heteroatoms. The molecule has 1 aliphatic heterocycles. The standard InChI is InChI=1S/C26H35BrN4O4/c1-19-26(18-20-6-10-22(27)11-7-20,25(33)30-28-14-4-15-31(2)3)29-24(35-19)21-8-12-23(13-9-21)34-17-5-16-32/h6-13,19,28,32H,4-5,14-18H2,1-3H3,(H,30,33)/t19-,26-/m0/s1. The molecule has 0 spiro atoms. The van der Waals surface area contributed by atoms with Gasteiger partial charge < -0.3 is 19.5 Å². The minimum Gasteiger partial charge on any atom is -0.494 e. The number of halogens is 1. The first kappa shape index (κ1) is 27.1. The van der Waals surface area contributed by atoms with Crippen molar-refractivity contribution in [1.82, 2.24) is 15.8 Å². The van der Waals surface area contributed by atoms with Crippen LogP contribution >= 0.6 is 15.9 Å². The zero-order valence-corrected chi connectivity index (χ0v) is 22.2. The van der Waals surface area contributed by atoms with Gasteiger partial charge in [-0.3, -0.25) is 10.2 Å². The maximum atomic E-state index is 13.5. The summed E-state index contributed by atoms with van der Waals surface area (Å²) in [4.78, 5) is 20.5. The molecule has 0 unspecified atom stereocenters. The Labute approximate surface area is 215 Å². The molecule has 1 amide bonds. The number of rotatable bonds is 13. The lowest BCUT2D eigenvalue weighted by Gasteiger charge is -2.28. The minimum atomic E-state index is -1.12. The molecule has 2 aromatic rings. The zero-order valence-electron chi connectivity index (χ0n) is 20.6. The number of benzene rings is 2. The van der Waals surface area contributed by atoms with Crippen LogP contribution in [0.15, 0.2) is 58.0 Å². The smallest absolute Gasteiger partial charge is 0.266 e. The highest BCUT2D eigenvalue weighted by Crippen LogP contribution is 2.33. The fourth-order valence-electron chi connectivity index (χ4n) is 3.79. The highest BCUT2D eigenvalue weighted by Gasteiger charge is 2.50. The van der Waals surface area contributed by atoms with Gasteiger partial charge in [-0.15, -0.1) is 0 Å². The van der Waals surface area contributed by atoms with Crippen LogP contribution in [0, 0.1) is 0 Å². The first-order valence-corrected chi connectivity index (χ1v) is 12.7. The molecule has 0 aromatic heterocycles. The first-order valence-electron chi connectivity index (χ1n) is 11.9. The maximum Gasteiger partial charge on any atom is 0.266 e. The van der Waals surface area contributed by atoms with Gasteiger partial charge in [0.25, 0.3) is 5.91 Å². The summed E-state index contributed by atoms with van der Waals surface area (Å²) in [6.45, 7) is 4.00. The van der Waals surface area contributed by atoms with Crippen LogP contribution in [0.2, 0.25) is 0 Å². The van der Waals surface area contributed by atoms with Gasteiger partial charge in [-0.25, -0.2) is 10.4 Å². The summed E-state index contributed by atoms with van der Waals surface area (Å²) < 4.78 is 12.7. The van der Waals surface area contributed by atoms with E-state index in [2.05, 4.69) is 31.7 Å². The molecule has 8 nitrogen and oxygen atoms in total. The van der Waals surface area contributed by atoms with E-state index in [4.69, 9.17) is 19.6 Å². The quantitative estimate of drug-likeness (QED) is 0.264. The molecule has 1 heterocycles. The topological polar surface area (TPSA) is 95.4 Å². The Morgan fingerprint density at radius 3 is 2.54 bits per heavy atom. The van der Waals surface area contributed by atoms with E-state index in [0.29, 0.717) is 37.6 Å². The Kier molecular flexibility index (Phi) is 10.1. The number of aliphatic hydroxyl groups excluding tert-OH is 1. The summed E-state index contributed by atoms with van der Waals surface area (Å²) in [7, 11) is 4.04. The van der Waals surface area contributed by atoms with Gasteiger partial charge in [0.05, 0.1) is 6.61 Å². The second kappa shape index (κ2) is 13.0. The number of amides is 1. The van der Waals surface area contributed by atoms with E-state index < -0.39 is 11.6 Å². The largest absolute Gasteiger partial charge is 0.494 e. The van der Waals surface area contributed by atoms with Gasteiger partial charge in [-0.2, -0.15) is 0 Å². The van der Waals surface area contributed by atoms with Crippen molar-refractivity contribution in [3.63, 3.8) is 0 Å². The van der Waals surface area contributed by atoms with Gasteiger partial charge in [0.15, 0.2) is 5.54 Å². The number of carbonyl (C=O) groups excluding carboxylic acids is 1. The fourth-order valence-corrected chi connectivity index (χ4v) is 4.06. The number of aliphatic imine (C=N–C) groups is 1. The van der Waals surface area contributed by atoms with Crippen LogP contribution in [0.5, 0.6) is 5.75 Å². The van der Waals surface area contributed by atoms with Crippen LogP contribution in [-0.2, 0) is 16.0 Å². The Hall–Kier alpha value is -2.46. The van der Waals surface area contributed by atoms with Crippen molar-refractivity contribution in [3.8, 4) is 5.75 Å². The van der Waals surface area contributed by atoms with Crippen LogP contribution in [0.25, 0.3) is 0 Å². The van der Waals surface area contributed by atoms with Crippen LogP contribution in [0.3, 0.4) is 0 Å². The monoisotopic (exact) mass is 546 g/mol. The Morgan fingerprint density at radius 1 is 1.17 bits per heavy atom. The number of nitrogens with zero attached hydrogens (tertiary/aromatic N) is 2. The van der Waals surface area contributed by atoms with E-state index in [1.165, 1.54) is 0 Å². The predicted octanol–water partition coefficient (Wildman–Crippen LogP) is 2.93. The van der Waals surface area contributed by atoms with E-state index in [0.717, 1.165) is 28.6 Å². The van der Waals surface area contributed by atoms with Crippen LogP contribution in [-0.4, -0.2) is 73.9 Å². The zero-order chi connectivity index (χ0) is 25.3. The summed E-state index contributed by atoms with van der Waals surface area (Å²) >= 11 is 3.47. The third kappa shape index (κ3) is 7.51. The molecular formula is C26H35BrN4O4. The number of hydrogen-bond donors (Lipinski definition) is 3. The molecule has 1 aliphatic rings. The van der Waals surface area contributed by atoms with Crippen molar-refractivity contribution in [1.29, 1.82) is 0 Å². The van der Waals surface area contributed by atoms with Crippen LogP contribution in [0.1, 0.15) is 30.9 Å². The molecule has 190 valence electrons. The van der Waals surface area contributed by atoms with Crippen molar-refractivity contribution >= 4 is 27.7 Å². The molecule has 0 radical (unpaired) electrons. The average molecular weight is 547 g/mol. The van der Waals surface area contributed by atoms with Crippen molar-refractivity contribution in [2.45, 2.75) is 37.8 Å². The molecule has 0 saturated heterocycles. The lowest BCUT2D eigenvalue weighted by Crippen LogP contribution is -2.56. The molecule has 2 aromatic carbocycles. The molecule has 0 aliphatic carbocycles. The summed E-state index contributed by atoms with van der Waals surface area (Å²) in [5.74, 6) is 0.908. The molecule has 3 rings (SSSR count). The molecular weight excluding hydrogens is 512 g/mol. The Bertz CT molecular complexity index is 982. The summed E-state index contributed by atoms with van der Waals surface area (Å²) in [5.41, 5.74) is 6.56. The van der Waals surface area contributed by atoms with E-state index in [1.807, 2.05) is 69.6 Å². The lowest BCUT2D eigenvalue weighted by molar-refractivity contribution is -0.129. The van der Waals surface area contributed by atoms with Gasteiger partial charge in [0.2, 0.25) is 5.90 Å². The van der Waals surface area contributed by atoms with E-state index in [9.17, 15) is 4.79 Å². The van der Waals surface area contributed by atoms with Gasteiger partial charge >= 0.3 is 0 Å².